The van der Waals surface area contributed by atoms with E-state index in [0.29, 0.717) is 0 Å². The molecule has 1 heterocycles. The summed E-state index contributed by atoms with van der Waals surface area (Å²) in [4.78, 5) is 10.3. The van der Waals surface area contributed by atoms with Gasteiger partial charge in [-0.05, 0) is 10.4 Å². The molecule has 0 atom stereocenters. The van der Waals surface area contributed by atoms with Gasteiger partial charge in [-0.2, -0.15) is 0 Å². The summed E-state index contributed by atoms with van der Waals surface area (Å²) in [5, 5.41) is 18.4. The zero-order valence-corrected chi connectivity index (χ0v) is 8.10. The predicted molar refractivity (Wildman–Crippen MR) is 44.0 cm³/mol. The molecule has 0 unspecified atom stereocenters. The van der Waals surface area contributed by atoms with Crippen molar-refractivity contribution in [2.24, 2.45) is 0 Å². The van der Waals surface area contributed by atoms with Crippen molar-refractivity contribution in [1.82, 2.24) is 20.2 Å². The Morgan fingerprint density at radius 3 is 2.71 bits per heavy atom. The lowest BCUT2D eigenvalue weighted by molar-refractivity contribution is -0.138. The maximum atomic E-state index is 10.9. The number of tetrazole rings is 1. The average molecular weight is 220 g/mol. The minimum Gasteiger partial charge on any atom is -0.480 e. The molecule has 14 heavy (non-hydrogen) atoms. The first-order chi connectivity index (χ1) is 6.38. The fourth-order valence-corrected chi connectivity index (χ4v) is 1.49. The summed E-state index contributed by atoms with van der Waals surface area (Å²) >= 11 is 0. The van der Waals surface area contributed by atoms with Crippen molar-refractivity contribution in [3.63, 3.8) is 0 Å². The molecule has 0 fully saturated rings. The summed E-state index contributed by atoms with van der Waals surface area (Å²) < 4.78 is 22.7. The monoisotopic (exact) mass is 220 g/mol. The first-order valence-corrected chi connectivity index (χ1v) is 5.59. The van der Waals surface area contributed by atoms with Gasteiger partial charge >= 0.3 is 5.97 Å². The summed E-state index contributed by atoms with van der Waals surface area (Å²) in [6.45, 7) is -0.447. The standard InChI is InChI=1S/C5H8N4O4S/c1-14(12,13)3-4-6-7-8-9(4)2-5(10)11/h2-3H2,1H3,(H,10,11). The molecule has 0 radical (unpaired) electrons. The van der Waals surface area contributed by atoms with Crippen molar-refractivity contribution < 1.29 is 18.3 Å². The molecule has 0 saturated heterocycles. The van der Waals surface area contributed by atoms with Crippen LogP contribution in [0.1, 0.15) is 5.82 Å². The topological polar surface area (TPSA) is 115 Å². The second kappa shape index (κ2) is 3.70. The van der Waals surface area contributed by atoms with Gasteiger partial charge in [0.15, 0.2) is 15.7 Å². The van der Waals surface area contributed by atoms with Gasteiger partial charge in [-0.25, -0.2) is 13.1 Å². The fourth-order valence-electron chi connectivity index (χ4n) is 0.812. The summed E-state index contributed by atoms with van der Waals surface area (Å²) in [6, 6.07) is 0. The summed E-state index contributed by atoms with van der Waals surface area (Å²) in [6.07, 6.45) is 1.02. The highest BCUT2D eigenvalue weighted by atomic mass is 32.2. The van der Waals surface area contributed by atoms with Crippen LogP contribution < -0.4 is 0 Å². The van der Waals surface area contributed by atoms with E-state index in [1.807, 2.05) is 0 Å². The Balaban J connectivity index is 2.88. The molecule has 0 spiro atoms. The SMILES string of the molecule is CS(=O)(=O)Cc1nnnn1CC(=O)O. The third-order valence-corrected chi connectivity index (χ3v) is 2.06. The number of aromatic nitrogens is 4. The van der Waals surface area contributed by atoms with E-state index in [1.54, 1.807) is 0 Å². The van der Waals surface area contributed by atoms with E-state index in [4.69, 9.17) is 5.11 Å². The summed E-state index contributed by atoms with van der Waals surface area (Å²) in [5.74, 6) is -1.48. The molecule has 1 aromatic heterocycles. The average Bonchev–Trinajstić information content (AvgIpc) is 2.32. The second-order valence-electron chi connectivity index (χ2n) is 2.72. The van der Waals surface area contributed by atoms with Crippen LogP contribution in [0.15, 0.2) is 0 Å². The van der Waals surface area contributed by atoms with Gasteiger partial charge in [-0.1, -0.05) is 0 Å². The van der Waals surface area contributed by atoms with Crippen molar-refractivity contribution >= 4 is 15.8 Å². The predicted octanol–water partition coefficient (Wildman–Crippen LogP) is -1.70. The number of rotatable bonds is 4. The Kier molecular flexibility index (Phi) is 2.79. The molecule has 0 aromatic carbocycles. The van der Waals surface area contributed by atoms with Gasteiger partial charge in [0, 0.05) is 6.26 Å². The fraction of sp³-hybridized carbons (Fsp3) is 0.600. The Morgan fingerprint density at radius 1 is 1.57 bits per heavy atom. The van der Waals surface area contributed by atoms with Crippen molar-refractivity contribution in [2.45, 2.75) is 12.3 Å². The van der Waals surface area contributed by atoms with Crippen LogP contribution in [0.3, 0.4) is 0 Å². The number of aliphatic carboxylic acids is 1. The highest BCUT2D eigenvalue weighted by molar-refractivity contribution is 7.89. The van der Waals surface area contributed by atoms with Crippen LogP contribution in [-0.2, 0) is 26.9 Å². The van der Waals surface area contributed by atoms with E-state index in [-0.39, 0.29) is 11.6 Å². The number of carboxylic acid groups (broad SMARTS) is 1. The summed E-state index contributed by atoms with van der Waals surface area (Å²) in [5.41, 5.74) is 0. The van der Waals surface area contributed by atoms with Gasteiger partial charge in [0.25, 0.3) is 0 Å². The molecular formula is C5H8N4O4S. The van der Waals surface area contributed by atoms with Crippen molar-refractivity contribution in [3.8, 4) is 0 Å². The molecule has 78 valence electrons. The first kappa shape index (κ1) is 10.6. The van der Waals surface area contributed by atoms with Crippen LogP contribution in [0.5, 0.6) is 0 Å². The molecule has 0 aliphatic heterocycles. The lowest BCUT2D eigenvalue weighted by Gasteiger charge is -1.99. The quantitative estimate of drug-likeness (QED) is 0.643. The third kappa shape index (κ3) is 3.09. The molecule has 1 aromatic rings. The molecule has 9 heteroatoms. The number of carboxylic acids is 1. The van der Waals surface area contributed by atoms with Crippen molar-refractivity contribution in [1.29, 1.82) is 0 Å². The lowest BCUT2D eigenvalue weighted by Crippen LogP contribution is -2.15. The summed E-state index contributed by atoms with van der Waals surface area (Å²) in [7, 11) is -3.26. The highest BCUT2D eigenvalue weighted by Gasteiger charge is 2.14. The highest BCUT2D eigenvalue weighted by Crippen LogP contribution is 1.98. The van der Waals surface area contributed by atoms with E-state index in [0.717, 1.165) is 10.9 Å². The van der Waals surface area contributed by atoms with E-state index >= 15 is 0 Å². The van der Waals surface area contributed by atoms with Crippen LogP contribution in [0.25, 0.3) is 0 Å². The van der Waals surface area contributed by atoms with Crippen LogP contribution in [0, 0.1) is 0 Å². The number of sulfone groups is 1. The molecule has 0 aliphatic rings. The van der Waals surface area contributed by atoms with Gasteiger partial charge in [-0.15, -0.1) is 5.10 Å². The Bertz CT molecular complexity index is 436. The molecular weight excluding hydrogens is 212 g/mol. The van der Waals surface area contributed by atoms with Crippen LogP contribution >= 0.6 is 0 Å². The van der Waals surface area contributed by atoms with E-state index < -0.39 is 22.4 Å². The molecule has 0 aliphatic carbocycles. The van der Waals surface area contributed by atoms with Crippen molar-refractivity contribution in [3.05, 3.63) is 5.82 Å². The Hall–Kier alpha value is -1.51. The van der Waals surface area contributed by atoms with Gasteiger partial charge in [0.05, 0.1) is 0 Å². The van der Waals surface area contributed by atoms with Crippen LogP contribution in [-0.4, -0.2) is 46.0 Å². The number of hydrogen-bond acceptors (Lipinski definition) is 6. The molecule has 8 nitrogen and oxygen atoms in total. The zero-order valence-electron chi connectivity index (χ0n) is 7.28. The Morgan fingerprint density at radius 2 is 2.21 bits per heavy atom. The van der Waals surface area contributed by atoms with Gasteiger partial charge < -0.3 is 5.11 Å². The maximum Gasteiger partial charge on any atom is 0.325 e. The zero-order chi connectivity index (χ0) is 10.8. The second-order valence-corrected chi connectivity index (χ2v) is 4.86. The van der Waals surface area contributed by atoms with E-state index in [2.05, 4.69) is 15.5 Å². The van der Waals surface area contributed by atoms with Gasteiger partial charge in [0.1, 0.15) is 12.3 Å². The number of hydrogen-bond donors (Lipinski definition) is 1. The normalized spacial score (nSPS) is 11.5. The van der Waals surface area contributed by atoms with E-state index in [9.17, 15) is 13.2 Å². The molecule has 0 saturated carbocycles. The lowest BCUT2D eigenvalue weighted by atomic mass is 10.6. The van der Waals surface area contributed by atoms with Crippen LogP contribution in [0.2, 0.25) is 0 Å². The first-order valence-electron chi connectivity index (χ1n) is 3.53. The van der Waals surface area contributed by atoms with Crippen LogP contribution in [0.4, 0.5) is 0 Å². The smallest absolute Gasteiger partial charge is 0.325 e. The van der Waals surface area contributed by atoms with Crippen molar-refractivity contribution in [2.75, 3.05) is 6.26 Å². The Labute approximate surface area is 79.5 Å². The number of carbonyl (C=O) groups is 1. The van der Waals surface area contributed by atoms with Gasteiger partial charge in [-0.3, -0.25) is 4.79 Å². The minimum absolute atomic E-state index is 0.0231. The number of nitrogens with zero attached hydrogens (tertiary/aromatic N) is 4. The molecule has 1 N–H and O–H groups in total. The van der Waals surface area contributed by atoms with Gasteiger partial charge in [0.2, 0.25) is 0 Å². The molecule has 0 amide bonds. The largest absolute Gasteiger partial charge is 0.480 e. The molecule has 0 bridgehead atoms. The maximum absolute atomic E-state index is 10.9. The third-order valence-electron chi connectivity index (χ3n) is 1.28. The molecule has 1 rings (SSSR count). The minimum atomic E-state index is -3.26. The van der Waals surface area contributed by atoms with E-state index in [1.165, 1.54) is 0 Å².